The lowest BCUT2D eigenvalue weighted by atomic mass is 10.0. The summed E-state index contributed by atoms with van der Waals surface area (Å²) in [5.74, 6) is 1.17. The maximum Gasteiger partial charge on any atom is 0.173 e. The molecular weight excluding hydrogens is 312 g/mol. The van der Waals surface area contributed by atoms with E-state index >= 15 is 0 Å². The summed E-state index contributed by atoms with van der Waals surface area (Å²) in [6.07, 6.45) is 2.01. The third kappa shape index (κ3) is 3.84. The van der Waals surface area contributed by atoms with Gasteiger partial charge in [-0.2, -0.15) is 0 Å². The van der Waals surface area contributed by atoms with Crippen molar-refractivity contribution in [3.63, 3.8) is 0 Å². The Kier molecular flexibility index (Phi) is 5.04. The number of hydrogen-bond donors (Lipinski definition) is 2. The van der Waals surface area contributed by atoms with Gasteiger partial charge in [0.15, 0.2) is 5.84 Å². The number of halogens is 1. The number of hydrogen-bond acceptors (Lipinski definition) is 4. The van der Waals surface area contributed by atoms with Gasteiger partial charge in [0.2, 0.25) is 0 Å². The Balaban J connectivity index is 2.07. The molecule has 0 saturated carbocycles. The first-order chi connectivity index (χ1) is 9.20. The van der Waals surface area contributed by atoms with Crippen LogP contribution in [0.4, 0.5) is 0 Å². The van der Waals surface area contributed by atoms with E-state index in [4.69, 9.17) is 20.4 Å². The van der Waals surface area contributed by atoms with Crippen LogP contribution in [0.5, 0.6) is 5.75 Å². The average Bonchev–Trinajstić information content (AvgIpc) is 2.45. The Morgan fingerprint density at radius 3 is 2.89 bits per heavy atom. The van der Waals surface area contributed by atoms with E-state index in [9.17, 15) is 0 Å². The van der Waals surface area contributed by atoms with Gasteiger partial charge in [0, 0.05) is 17.7 Å². The summed E-state index contributed by atoms with van der Waals surface area (Å²) in [5, 5.41) is 11.8. The summed E-state index contributed by atoms with van der Waals surface area (Å²) in [6, 6.07) is 5.42. The molecule has 3 N–H and O–H groups in total. The largest absolute Gasteiger partial charge is 0.492 e. The minimum atomic E-state index is 0.0504. The van der Waals surface area contributed by atoms with Crippen LogP contribution in [0.2, 0.25) is 0 Å². The lowest BCUT2D eigenvalue weighted by Crippen LogP contribution is -2.22. The van der Waals surface area contributed by atoms with Crippen LogP contribution in [0, 0.1) is 5.92 Å². The number of benzene rings is 1. The predicted molar refractivity (Wildman–Crippen MR) is 75.7 cm³/mol. The smallest absolute Gasteiger partial charge is 0.173 e. The first-order valence-corrected chi connectivity index (χ1v) is 6.98. The zero-order chi connectivity index (χ0) is 13.7. The van der Waals surface area contributed by atoms with Gasteiger partial charge in [-0.15, -0.1) is 0 Å². The van der Waals surface area contributed by atoms with Crippen molar-refractivity contribution in [1.82, 2.24) is 0 Å². The van der Waals surface area contributed by atoms with Crippen molar-refractivity contribution in [3.05, 3.63) is 28.2 Å². The summed E-state index contributed by atoms with van der Waals surface area (Å²) in [7, 11) is 0. The quantitative estimate of drug-likeness (QED) is 0.385. The van der Waals surface area contributed by atoms with Crippen molar-refractivity contribution in [3.8, 4) is 5.75 Å². The molecule has 0 radical (unpaired) electrons. The van der Waals surface area contributed by atoms with Gasteiger partial charge in [0.1, 0.15) is 5.75 Å². The van der Waals surface area contributed by atoms with E-state index in [1.807, 2.05) is 12.1 Å². The molecule has 1 aliphatic rings. The molecule has 0 aromatic heterocycles. The average molecular weight is 329 g/mol. The first-order valence-electron chi connectivity index (χ1n) is 6.18. The van der Waals surface area contributed by atoms with Gasteiger partial charge < -0.3 is 20.4 Å². The second-order valence-corrected chi connectivity index (χ2v) is 5.41. The fraction of sp³-hybridized carbons (Fsp3) is 0.462. The minimum Gasteiger partial charge on any atom is -0.492 e. The van der Waals surface area contributed by atoms with Crippen molar-refractivity contribution >= 4 is 21.8 Å². The molecule has 1 aromatic rings. The Morgan fingerprint density at radius 2 is 2.21 bits per heavy atom. The van der Waals surface area contributed by atoms with Gasteiger partial charge in [0.05, 0.1) is 12.2 Å². The molecule has 0 aliphatic carbocycles. The van der Waals surface area contributed by atoms with Gasteiger partial charge in [-0.05, 0) is 37.0 Å². The Labute approximate surface area is 120 Å². The van der Waals surface area contributed by atoms with Gasteiger partial charge in [0.25, 0.3) is 0 Å². The highest BCUT2D eigenvalue weighted by molar-refractivity contribution is 9.10. The fourth-order valence-electron chi connectivity index (χ4n) is 2.00. The third-order valence-electron chi connectivity index (χ3n) is 3.14. The minimum absolute atomic E-state index is 0.0504. The molecule has 1 heterocycles. The van der Waals surface area contributed by atoms with Crippen LogP contribution in [0.3, 0.4) is 0 Å². The topological polar surface area (TPSA) is 77.1 Å². The number of oxime groups is 1. The Hall–Kier alpha value is -1.27. The van der Waals surface area contributed by atoms with Gasteiger partial charge in [-0.3, -0.25) is 0 Å². The molecule has 104 valence electrons. The summed E-state index contributed by atoms with van der Waals surface area (Å²) >= 11 is 3.39. The maximum absolute atomic E-state index is 8.78. The van der Waals surface area contributed by atoms with E-state index in [-0.39, 0.29) is 5.84 Å². The van der Waals surface area contributed by atoms with Crippen molar-refractivity contribution in [2.24, 2.45) is 16.8 Å². The Morgan fingerprint density at radius 1 is 1.47 bits per heavy atom. The van der Waals surface area contributed by atoms with Crippen LogP contribution in [-0.4, -0.2) is 30.9 Å². The molecule has 1 fully saturated rings. The van der Waals surface area contributed by atoms with E-state index in [0.717, 1.165) is 30.5 Å². The van der Waals surface area contributed by atoms with Gasteiger partial charge in [-0.1, -0.05) is 21.1 Å². The highest BCUT2D eigenvalue weighted by Gasteiger charge is 2.16. The number of rotatable bonds is 4. The molecule has 1 saturated heterocycles. The van der Waals surface area contributed by atoms with E-state index in [1.165, 1.54) is 0 Å². The molecule has 19 heavy (non-hydrogen) atoms. The monoisotopic (exact) mass is 328 g/mol. The predicted octanol–water partition coefficient (Wildman–Crippen LogP) is 2.35. The van der Waals surface area contributed by atoms with E-state index in [2.05, 4.69) is 21.1 Å². The number of ether oxygens (including phenoxy) is 2. The van der Waals surface area contributed by atoms with Crippen molar-refractivity contribution in [1.29, 1.82) is 0 Å². The molecule has 0 amide bonds. The number of amidine groups is 1. The molecule has 0 bridgehead atoms. The molecule has 0 spiro atoms. The normalized spacial score (nSPS) is 17.4. The fourth-order valence-corrected chi connectivity index (χ4v) is 2.34. The zero-order valence-electron chi connectivity index (χ0n) is 10.5. The second kappa shape index (κ2) is 6.77. The van der Waals surface area contributed by atoms with E-state index in [1.54, 1.807) is 6.07 Å². The molecule has 1 aliphatic heterocycles. The van der Waals surface area contributed by atoms with Crippen molar-refractivity contribution in [2.45, 2.75) is 12.8 Å². The second-order valence-electron chi connectivity index (χ2n) is 4.49. The highest BCUT2D eigenvalue weighted by atomic mass is 79.9. The van der Waals surface area contributed by atoms with Crippen LogP contribution < -0.4 is 10.5 Å². The van der Waals surface area contributed by atoms with E-state index in [0.29, 0.717) is 23.8 Å². The molecule has 2 rings (SSSR count). The zero-order valence-corrected chi connectivity index (χ0v) is 12.1. The standard InChI is InChI=1S/C13H17BrN2O3/c14-10-1-2-11(13(15)16-17)12(7-10)19-8-9-3-5-18-6-4-9/h1-2,7,9,17H,3-6,8H2,(H2,15,16). The third-order valence-corrected chi connectivity index (χ3v) is 3.64. The molecular formula is C13H17BrN2O3. The lowest BCUT2D eigenvalue weighted by molar-refractivity contribution is 0.0497. The molecule has 0 atom stereocenters. The summed E-state index contributed by atoms with van der Waals surface area (Å²) in [4.78, 5) is 0. The van der Waals surface area contributed by atoms with Gasteiger partial charge in [-0.25, -0.2) is 0 Å². The summed E-state index contributed by atoms with van der Waals surface area (Å²) in [6.45, 7) is 2.20. The van der Waals surface area contributed by atoms with Crippen LogP contribution in [-0.2, 0) is 4.74 Å². The van der Waals surface area contributed by atoms with Gasteiger partial charge >= 0.3 is 0 Å². The number of nitrogens with two attached hydrogens (primary N) is 1. The van der Waals surface area contributed by atoms with E-state index < -0.39 is 0 Å². The highest BCUT2D eigenvalue weighted by Crippen LogP contribution is 2.25. The molecule has 5 nitrogen and oxygen atoms in total. The molecule has 0 unspecified atom stereocenters. The first kappa shape index (κ1) is 14.1. The molecule has 1 aromatic carbocycles. The van der Waals surface area contributed by atoms with Crippen LogP contribution in [0.25, 0.3) is 0 Å². The SMILES string of the molecule is N/C(=N/O)c1ccc(Br)cc1OCC1CCOCC1. The summed E-state index contributed by atoms with van der Waals surface area (Å²) in [5.41, 5.74) is 6.23. The van der Waals surface area contributed by atoms with Crippen LogP contribution in [0.1, 0.15) is 18.4 Å². The Bertz CT molecular complexity index is 459. The van der Waals surface area contributed by atoms with Crippen LogP contribution in [0.15, 0.2) is 27.8 Å². The van der Waals surface area contributed by atoms with Crippen molar-refractivity contribution in [2.75, 3.05) is 19.8 Å². The summed E-state index contributed by atoms with van der Waals surface area (Å²) < 4.78 is 12.0. The maximum atomic E-state index is 8.78. The van der Waals surface area contributed by atoms with Crippen LogP contribution >= 0.6 is 15.9 Å². The number of nitrogens with zero attached hydrogens (tertiary/aromatic N) is 1. The van der Waals surface area contributed by atoms with Crippen molar-refractivity contribution < 1.29 is 14.7 Å². The molecule has 6 heteroatoms. The lowest BCUT2D eigenvalue weighted by Gasteiger charge is -2.22.